The van der Waals surface area contributed by atoms with Crippen LogP contribution < -0.4 is 10.6 Å². The van der Waals surface area contributed by atoms with E-state index in [0.717, 1.165) is 0 Å². The fraction of sp³-hybridized carbons (Fsp3) is 0.375. The number of hydrogen-bond acceptors (Lipinski definition) is 7. The van der Waals surface area contributed by atoms with E-state index in [1.54, 1.807) is 30.3 Å². The van der Waals surface area contributed by atoms with Crippen molar-refractivity contribution in [1.82, 2.24) is 10.6 Å². The Labute approximate surface area is 145 Å². The van der Waals surface area contributed by atoms with E-state index < -0.39 is 24.0 Å². The molecule has 1 fully saturated rings. The van der Waals surface area contributed by atoms with Gasteiger partial charge in [0.25, 0.3) is 0 Å². The van der Waals surface area contributed by atoms with Crippen LogP contribution in [0.1, 0.15) is 16.8 Å². The summed E-state index contributed by atoms with van der Waals surface area (Å²) in [6, 6.07) is 7.00. The minimum atomic E-state index is -0.990. The second-order valence-corrected chi connectivity index (χ2v) is 5.64. The number of esters is 2. The smallest absolute Gasteiger partial charge is 0.323 e. The molecule has 2 rings (SSSR count). The van der Waals surface area contributed by atoms with Crippen LogP contribution in [0.15, 0.2) is 30.3 Å². The van der Waals surface area contributed by atoms with Crippen molar-refractivity contribution < 1.29 is 28.7 Å². The number of rotatable bonds is 5. The van der Waals surface area contributed by atoms with Crippen LogP contribution >= 0.6 is 0 Å². The summed E-state index contributed by atoms with van der Waals surface area (Å²) >= 11 is 0. The molecule has 9 heteroatoms. The van der Waals surface area contributed by atoms with Crippen LogP contribution in [-0.4, -0.2) is 63.2 Å². The van der Waals surface area contributed by atoms with Gasteiger partial charge < -0.3 is 14.8 Å². The predicted octanol–water partition coefficient (Wildman–Crippen LogP) is -0.971. The quantitative estimate of drug-likeness (QED) is 0.401. The van der Waals surface area contributed by atoms with Gasteiger partial charge in [0.15, 0.2) is 11.6 Å². The van der Waals surface area contributed by atoms with Crippen LogP contribution in [0, 0.1) is 0 Å². The van der Waals surface area contributed by atoms with E-state index >= 15 is 0 Å². The van der Waals surface area contributed by atoms with Gasteiger partial charge in [0.1, 0.15) is 19.3 Å². The molecule has 1 amide bonds. The monoisotopic (exact) mass is 346 g/mol. The van der Waals surface area contributed by atoms with Crippen molar-refractivity contribution in [2.45, 2.75) is 18.5 Å². The summed E-state index contributed by atoms with van der Waals surface area (Å²) in [5.41, 5.74) is 0.500. The standard InChI is InChI=1S/C16H19BN2O6/c17-16(23)19-11-8-24-14(21)6-12(15(22)25-9-11)18-7-13(20)10-4-2-1-3-5-10/h1-5,11-12,18H,6-9,17H2,(H,19,23). The summed E-state index contributed by atoms with van der Waals surface area (Å²) in [6.07, 6.45) is -0.256. The number of benzene rings is 1. The van der Waals surface area contributed by atoms with Gasteiger partial charge in [-0.05, 0) is 0 Å². The SMILES string of the molecule is BC(=O)NC1COC(=O)CC(NCC(=O)c2ccccc2)C(=O)OC1. The molecule has 1 aliphatic rings. The second-order valence-electron chi connectivity index (χ2n) is 5.64. The molecule has 0 spiro atoms. The zero-order chi connectivity index (χ0) is 18.2. The molecule has 1 saturated heterocycles. The third-order valence-electron chi connectivity index (χ3n) is 3.54. The summed E-state index contributed by atoms with van der Waals surface area (Å²) in [6.45, 7) is -0.315. The summed E-state index contributed by atoms with van der Waals surface area (Å²) in [7, 11) is 1.32. The Kier molecular flexibility index (Phi) is 6.70. The molecule has 0 saturated carbocycles. The number of ketones is 1. The molecule has 8 nitrogen and oxygen atoms in total. The largest absolute Gasteiger partial charge is 0.463 e. The molecule has 0 aromatic heterocycles. The van der Waals surface area contributed by atoms with Crippen LogP contribution in [0.25, 0.3) is 0 Å². The van der Waals surface area contributed by atoms with E-state index in [0.29, 0.717) is 5.56 Å². The molecule has 25 heavy (non-hydrogen) atoms. The number of Topliss-reactive ketones (excluding diaryl/α,β-unsaturated/α-hetero) is 1. The van der Waals surface area contributed by atoms with Crippen molar-refractivity contribution in [3.63, 3.8) is 0 Å². The molecular weight excluding hydrogens is 327 g/mol. The van der Waals surface area contributed by atoms with Crippen LogP contribution in [0.2, 0.25) is 0 Å². The number of hydrogen-bond donors (Lipinski definition) is 2. The van der Waals surface area contributed by atoms with E-state index in [1.165, 1.54) is 7.85 Å². The molecule has 0 aliphatic carbocycles. The van der Waals surface area contributed by atoms with Crippen molar-refractivity contribution in [3.05, 3.63) is 35.9 Å². The zero-order valence-corrected chi connectivity index (χ0v) is 13.8. The summed E-state index contributed by atoms with van der Waals surface area (Å²) in [5, 5.41) is 5.28. The number of nitrogens with one attached hydrogen (secondary N) is 2. The van der Waals surface area contributed by atoms with Crippen LogP contribution in [0.5, 0.6) is 0 Å². The van der Waals surface area contributed by atoms with E-state index in [1.807, 2.05) is 0 Å². The molecule has 0 bridgehead atoms. The Balaban J connectivity index is 1.95. The van der Waals surface area contributed by atoms with Gasteiger partial charge in [-0.3, -0.25) is 24.5 Å². The van der Waals surface area contributed by atoms with Gasteiger partial charge in [0.05, 0.1) is 19.0 Å². The predicted molar refractivity (Wildman–Crippen MR) is 90.0 cm³/mol. The van der Waals surface area contributed by atoms with Crippen molar-refractivity contribution in [1.29, 1.82) is 0 Å². The molecule has 2 atom stereocenters. The van der Waals surface area contributed by atoms with Gasteiger partial charge in [-0.25, -0.2) is 0 Å². The third-order valence-corrected chi connectivity index (χ3v) is 3.54. The number of amides is 1. The Morgan fingerprint density at radius 3 is 2.48 bits per heavy atom. The van der Waals surface area contributed by atoms with Crippen molar-refractivity contribution in [2.75, 3.05) is 19.8 Å². The molecule has 1 aliphatic heterocycles. The van der Waals surface area contributed by atoms with Gasteiger partial charge in [0.2, 0.25) is 7.85 Å². The van der Waals surface area contributed by atoms with Crippen LogP contribution in [0.4, 0.5) is 4.79 Å². The fourth-order valence-electron chi connectivity index (χ4n) is 2.30. The van der Waals surface area contributed by atoms with Gasteiger partial charge in [0, 0.05) is 5.56 Å². The Morgan fingerprint density at radius 2 is 1.80 bits per heavy atom. The lowest BCUT2D eigenvalue weighted by molar-refractivity contribution is -0.149. The highest BCUT2D eigenvalue weighted by Crippen LogP contribution is 2.05. The van der Waals surface area contributed by atoms with Crippen molar-refractivity contribution in [2.24, 2.45) is 0 Å². The lowest BCUT2D eigenvalue weighted by Crippen LogP contribution is -2.43. The number of carbonyl (C=O) groups is 4. The molecule has 2 unspecified atom stereocenters. The first kappa shape index (κ1) is 18.7. The third kappa shape index (κ3) is 6.04. The van der Waals surface area contributed by atoms with E-state index in [2.05, 4.69) is 10.6 Å². The molecule has 0 radical (unpaired) electrons. The summed E-state index contributed by atoms with van der Waals surface area (Å²) in [5.74, 6) is -1.81. The maximum absolute atomic E-state index is 12.1. The minimum absolute atomic E-state index is 0.0820. The zero-order valence-electron chi connectivity index (χ0n) is 13.8. The van der Waals surface area contributed by atoms with Gasteiger partial charge in [-0.1, -0.05) is 30.3 Å². The first-order chi connectivity index (χ1) is 12.0. The molecule has 1 aromatic carbocycles. The lowest BCUT2D eigenvalue weighted by atomic mass is 10.1. The minimum Gasteiger partial charge on any atom is -0.463 e. The molecule has 2 N–H and O–H groups in total. The van der Waals surface area contributed by atoms with E-state index in [9.17, 15) is 19.2 Å². The number of ether oxygens (including phenoxy) is 2. The summed E-state index contributed by atoms with van der Waals surface area (Å²) < 4.78 is 10.2. The van der Waals surface area contributed by atoms with Gasteiger partial charge in [-0.2, -0.15) is 0 Å². The lowest BCUT2D eigenvalue weighted by Gasteiger charge is -2.17. The first-order valence-corrected chi connectivity index (χ1v) is 7.86. The van der Waals surface area contributed by atoms with Gasteiger partial charge in [-0.15, -0.1) is 0 Å². The summed E-state index contributed by atoms with van der Waals surface area (Å²) in [4.78, 5) is 47.1. The highest BCUT2D eigenvalue weighted by molar-refractivity contribution is 6.57. The topological polar surface area (TPSA) is 111 Å². The van der Waals surface area contributed by atoms with Crippen LogP contribution in [-0.2, 0) is 19.1 Å². The normalized spacial score (nSPS) is 21.1. The Hall–Kier alpha value is -2.68. The van der Waals surface area contributed by atoms with Crippen molar-refractivity contribution in [3.8, 4) is 0 Å². The Bertz CT molecular complexity index is 651. The van der Waals surface area contributed by atoms with E-state index in [-0.39, 0.29) is 37.8 Å². The second kappa shape index (κ2) is 8.98. The van der Waals surface area contributed by atoms with Crippen molar-refractivity contribution >= 4 is 31.4 Å². The highest BCUT2D eigenvalue weighted by atomic mass is 16.6. The van der Waals surface area contributed by atoms with Gasteiger partial charge >= 0.3 is 11.9 Å². The average molecular weight is 346 g/mol. The highest BCUT2D eigenvalue weighted by Gasteiger charge is 2.28. The number of cyclic esters (lactones) is 2. The fourth-order valence-corrected chi connectivity index (χ4v) is 2.30. The number of carbonyl (C=O) groups excluding carboxylic acids is 4. The molecule has 1 aromatic rings. The Morgan fingerprint density at radius 1 is 1.12 bits per heavy atom. The molecule has 132 valence electrons. The first-order valence-electron chi connectivity index (χ1n) is 7.86. The van der Waals surface area contributed by atoms with Crippen LogP contribution in [0.3, 0.4) is 0 Å². The maximum Gasteiger partial charge on any atom is 0.323 e. The molecule has 1 heterocycles. The average Bonchev–Trinajstić information content (AvgIpc) is 2.65. The molecular formula is C16H19BN2O6. The van der Waals surface area contributed by atoms with E-state index in [4.69, 9.17) is 9.47 Å². The maximum atomic E-state index is 12.1.